The van der Waals surface area contributed by atoms with E-state index in [9.17, 15) is 4.57 Å². The summed E-state index contributed by atoms with van der Waals surface area (Å²) in [6.07, 6.45) is 0.615. The summed E-state index contributed by atoms with van der Waals surface area (Å²) in [5, 5.41) is 0. The first-order chi connectivity index (χ1) is 10.6. The zero-order valence-electron chi connectivity index (χ0n) is 12.5. The molecule has 1 aromatic rings. The number of ether oxygens (including phenoxy) is 1. The van der Waals surface area contributed by atoms with Crippen LogP contribution in [0.1, 0.15) is 12.0 Å². The van der Waals surface area contributed by atoms with Crippen LogP contribution in [0.5, 0.6) is 0 Å². The van der Waals surface area contributed by atoms with Gasteiger partial charge in [0.25, 0.3) is 0 Å². The van der Waals surface area contributed by atoms with Crippen molar-refractivity contribution in [3.8, 4) is 0 Å². The van der Waals surface area contributed by atoms with Gasteiger partial charge in [-0.05, 0) is 12.0 Å². The van der Waals surface area contributed by atoms with Crippen LogP contribution in [0.25, 0.3) is 0 Å². The van der Waals surface area contributed by atoms with E-state index in [1.165, 1.54) is 4.67 Å². The van der Waals surface area contributed by atoms with Gasteiger partial charge >= 0.3 is 7.67 Å². The molecule has 0 radical (unpaired) electrons. The number of hydrogen-bond acceptors (Lipinski definition) is 3. The zero-order valence-corrected chi connectivity index (χ0v) is 14.9. The largest absolute Gasteiger partial charge is 0.377 e. The lowest BCUT2D eigenvalue weighted by Gasteiger charge is -2.26. The van der Waals surface area contributed by atoms with Crippen LogP contribution in [0.4, 0.5) is 0 Å². The summed E-state index contributed by atoms with van der Waals surface area (Å²) < 4.78 is 24.6. The average molecular weight is 369 g/mol. The smallest absolute Gasteiger partial charge is 0.340 e. The number of halogens is 2. The Labute approximate surface area is 142 Å². The highest BCUT2D eigenvalue weighted by atomic mass is 35.5. The molecule has 0 aliphatic rings. The minimum Gasteiger partial charge on any atom is -0.377 e. The van der Waals surface area contributed by atoms with Gasteiger partial charge in [0, 0.05) is 31.5 Å². The summed E-state index contributed by atoms with van der Waals surface area (Å²) in [7, 11) is -3.33. The third kappa shape index (κ3) is 7.93. The van der Waals surface area contributed by atoms with Crippen LogP contribution >= 0.6 is 30.9 Å². The summed E-state index contributed by atoms with van der Waals surface area (Å²) >= 11 is 11.3. The van der Waals surface area contributed by atoms with Gasteiger partial charge in [-0.15, -0.1) is 23.2 Å². The third-order valence-electron chi connectivity index (χ3n) is 2.90. The summed E-state index contributed by atoms with van der Waals surface area (Å²) in [6, 6.07) is 9.90. The lowest BCUT2D eigenvalue weighted by atomic mass is 10.2. The molecule has 0 fully saturated rings. The number of alkyl halides is 2. The summed E-state index contributed by atoms with van der Waals surface area (Å²) in [5.41, 5.74) is 6.85. The Bertz CT molecular complexity index is 445. The summed E-state index contributed by atoms with van der Waals surface area (Å²) in [5.74, 6) is 0.642. The van der Waals surface area contributed by atoms with Crippen LogP contribution in [0.3, 0.4) is 0 Å². The standard InChI is InChI=1S/C14H23Cl2N2O3P/c15-7-9-18(10-8-16)22(17,19)21-12-4-11-20-13-14-5-2-1-3-6-14/h1-3,5-6H,4,7-13H2,(H2,17,19). The van der Waals surface area contributed by atoms with Crippen molar-refractivity contribution in [2.24, 2.45) is 5.50 Å². The molecule has 0 spiro atoms. The molecule has 0 aliphatic heterocycles. The molecule has 1 aromatic carbocycles. The molecular weight excluding hydrogens is 346 g/mol. The van der Waals surface area contributed by atoms with Crippen molar-refractivity contribution < 1.29 is 13.8 Å². The molecule has 8 heteroatoms. The van der Waals surface area contributed by atoms with Crippen molar-refractivity contribution >= 4 is 30.9 Å². The number of nitrogens with two attached hydrogens (primary N) is 1. The highest BCUT2D eigenvalue weighted by molar-refractivity contribution is 7.53. The Morgan fingerprint density at radius 2 is 1.73 bits per heavy atom. The van der Waals surface area contributed by atoms with Crippen molar-refractivity contribution in [3.63, 3.8) is 0 Å². The average Bonchev–Trinajstić information content (AvgIpc) is 2.51. The maximum atomic E-state index is 12.3. The predicted molar refractivity (Wildman–Crippen MR) is 91.5 cm³/mol. The monoisotopic (exact) mass is 368 g/mol. The van der Waals surface area contributed by atoms with E-state index in [1.807, 2.05) is 30.3 Å². The minimum absolute atomic E-state index is 0.267. The second kappa shape index (κ2) is 11.4. The fourth-order valence-corrected chi connectivity index (χ4v) is 3.74. The molecule has 0 amide bonds. The molecule has 126 valence electrons. The lowest BCUT2D eigenvalue weighted by Crippen LogP contribution is -2.29. The van der Waals surface area contributed by atoms with E-state index in [0.717, 1.165) is 5.56 Å². The molecule has 0 saturated carbocycles. The molecule has 0 heterocycles. The van der Waals surface area contributed by atoms with Crippen molar-refractivity contribution in [1.82, 2.24) is 4.67 Å². The normalized spacial score (nSPS) is 14.2. The minimum atomic E-state index is -3.33. The fraction of sp³-hybridized carbons (Fsp3) is 0.571. The molecule has 0 saturated heterocycles. The van der Waals surface area contributed by atoms with Crippen LogP contribution in [0.2, 0.25) is 0 Å². The molecule has 22 heavy (non-hydrogen) atoms. The van der Waals surface area contributed by atoms with Crippen molar-refractivity contribution in [3.05, 3.63) is 35.9 Å². The Morgan fingerprint density at radius 3 is 2.32 bits per heavy atom. The molecule has 2 N–H and O–H groups in total. The van der Waals surface area contributed by atoms with Gasteiger partial charge in [-0.2, -0.15) is 0 Å². The Hall–Kier alpha value is -0.130. The topological polar surface area (TPSA) is 64.8 Å². The van der Waals surface area contributed by atoms with E-state index >= 15 is 0 Å². The molecular formula is C14H23Cl2N2O3P. The van der Waals surface area contributed by atoms with Gasteiger partial charge in [0.15, 0.2) is 0 Å². The predicted octanol–water partition coefficient (Wildman–Crippen LogP) is 3.46. The van der Waals surface area contributed by atoms with Crippen LogP contribution in [0, 0.1) is 0 Å². The van der Waals surface area contributed by atoms with Gasteiger partial charge in [-0.3, -0.25) is 4.57 Å². The quantitative estimate of drug-likeness (QED) is 0.347. The number of hydrogen-bond donors (Lipinski definition) is 1. The highest BCUT2D eigenvalue weighted by Crippen LogP contribution is 2.42. The Kier molecular flexibility index (Phi) is 10.3. The van der Waals surface area contributed by atoms with E-state index < -0.39 is 7.67 Å². The zero-order chi connectivity index (χ0) is 16.3. The second-order valence-electron chi connectivity index (χ2n) is 4.62. The summed E-state index contributed by atoms with van der Waals surface area (Å²) in [6.45, 7) is 2.09. The third-order valence-corrected chi connectivity index (χ3v) is 4.98. The van der Waals surface area contributed by atoms with Crippen molar-refractivity contribution in [2.45, 2.75) is 13.0 Å². The van der Waals surface area contributed by atoms with Gasteiger partial charge in [0.2, 0.25) is 0 Å². The van der Waals surface area contributed by atoms with Crippen LogP contribution < -0.4 is 5.50 Å². The Balaban J connectivity index is 2.20. The first kappa shape index (κ1) is 19.9. The number of rotatable bonds is 12. The highest BCUT2D eigenvalue weighted by Gasteiger charge is 2.26. The van der Waals surface area contributed by atoms with E-state index in [0.29, 0.717) is 44.5 Å². The molecule has 1 unspecified atom stereocenters. The first-order valence-corrected chi connectivity index (χ1v) is 9.84. The maximum absolute atomic E-state index is 12.3. The van der Waals surface area contributed by atoms with E-state index in [1.54, 1.807) is 0 Å². The molecule has 1 atom stereocenters. The van der Waals surface area contributed by atoms with Crippen molar-refractivity contribution in [1.29, 1.82) is 0 Å². The molecule has 1 rings (SSSR count). The van der Waals surface area contributed by atoms with Gasteiger partial charge in [-0.25, -0.2) is 10.2 Å². The molecule has 0 aliphatic carbocycles. The van der Waals surface area contributed by atoms with Gasteiger partial charge < -0.3 is 9.26 Å². The lowest BCUT2D eigenvalue weighted by molar-refractivity contribution is 0.106. The van der Waals surface area contributed by atoms with Gasteiger partial charge in [0.1, 0.15) is 0 Å². The summed E-state index contributed by atoms with van der Waals surface area (Å²) in [4.78, 5) is 0. The fourth-order valence-electron chi connectivity index (χ4n) is 1.79. The van der Waals surface area contributed by atoms with Crippen molar-refractivity contribution in [2.75, 3.05) is 38.1 Å². The van der Waals surface area contributed by atoms with Crippen LogP contribution in [-0.2, 0) is 20.4 Å². The van der Waals surface area contributed by atoms with Gasteiger partial charge in [-0.1, -0.05) is 30.3 Å². The molecule has 0 aromatic heterocycles. The molecule has 0 bridgehead atoms. The SMILES string of the molecule is NP(=O)(OCCCOCc1ccccc1)N(CCCl)CCCl. The van der Waals surface area contributed by atoms with E-state index in [4.69, 9.17) is 38.0 Å². The van der Waals surface area contributed by atoms with Crippen LogP contribution in [0.15, 0.2) is 30.3 Å². The maximum Gasteiger partial charge on any atom is 0.340 e. The number of nitrogens with zero attached hydrogens (tertiary/aromatic N) is 1. The molecule has 5 nitrogen and oxygen atoms in total. The Morgan fingerprint density at radius 1 is 1.09 bits per heavy atom. The van der Waals surface area contributed by atoms with E-state index in [2.05, 4.69) is 0 Å². The van der Waals surface area contributed by atoms with Gasteiger partial charge in [0.05, 0.1) is 13.2 Å². The second-order valence-corrected chi connectivity index (χ2v) is 7.33. The number of benzene rings is 1. The van der Waals surface area contributed by atoms with E-state index in [-0.39, 0.29) is 6.61 Å². The first-order valence-electron chi connectivity index (χ1n) is 7.12. The van der Waals surface area contributed by atoms with Crippen LogP contribution in [-0.4, -0.2) is 42.7 Å².